The van der Waals surface area contributed by atoms with E-state index in [-0.39, 0.29) is 10.9 Å². The molecular weight excluding hydrogens is 407 g/mol. The number of hydrogen-bond acceptors (Lipinski definition) is 4. The van der Waals surface area contributed by atoms with E-state index in [0.29, 0.717) is 56.3 Å². The number of aromatic nitrogens is 1. The second-order valence-corrected chi connectivity index (χ2v) is 7.00. The summed E-state index contributed by atoms with van der Waals surface area (Å²) in [7, 11) is 0. The Hall–Kier alpha value is -2.48. The van der Waals surface area contributed by atoms with E-state index in [1.54, 1.807) is 23.1 Å². The number of para-hydroxylation sites is 1. The largest absolute Gasteiger partial charge is 0.493 e. The van der Waals surface area contributed by atoms with Gasteiger partial charge in [0.2, 0.25) is 0 Å². The molecule has 0 atom stereocenters. The minimum absolute atomic E-state index is 0.0544. The number of nitrogens with zero attached hydrogens (tertiary/aromatic N) is 3. The molecule has 5 nitrogen and oxygen atoms in total. The first-order chi connectivity index (χ1) is 13.8. The van der Waals surface area contributed by atoms with Crippen LogP contribution in [0.2, 0.25) is 5.02 Å². The summed E-state index contributed by atoms with van der Waals surface area (Å²) in [5, 5.41) is -0.0544. The van der Waals surface area contributed by atoms with Crippen molar-refractivity contribution in [1.29, 1.82) is 0 Å². The zero-order chi connectivity index (χ0) is 21.0. The van der Waals surface area contributed by atoms with Gasteiger partial charge < -0.3 is 14.5 Å². The Bertz CT molecular complexity index is 876. The first-order valence-electron chi connectivity index (χ1n) is 9.30. The summed E-state index contributed by atoms with van der Waals surface area (Å²) >= 11 is 6.07. The Balaban J connectivity index is 1.73. The van der Waals surface area contributed by atoms with Gasteiger partial charge in [0.1, 0.15) is 11.6 Å². The van der Waals surface area contributed by atoms with Gasteiger partial charge in [-0.2, -0.15) is 13.2 Å². The van der Waals surface area contributed by atoms with E-state index < -0.39 is 11.7 Å². The molecule has 156 valence electrons. The quantitative estimate of drug-likeness (QED) is 0.720. The van der Waals surface area contributed by atoms with Crippen LogP contribution in [-0.4, -0.2) is 48.6 Å². The van der Waals surface area contributed by atoms with Gasteiger partial charge in [0.25, 0.3) is 5.91 Å². The van der Waals surface area contributed by atoms with Crippen molar-refractivity contribution in [3.8, 4) is 5.75 Å². The maximum absolute atomic E-state index is 13.0. The molecule has 9 heteroatoms. The Morgan fingerprint density at radius 2 is 1.97 bits per heavy atom. The summed E-state index contributed by atoms with van der Waals surface area (Å²) in [4.78, 5) is 20.4. The fourth-order valence-corrected chi connectivity index (χ4v) is 3.53. The molecule has 29 heavy (non-hydrogen) atoms. The maximum atomic E-state index is 13.0. The molecule has 1 aliphatic heterocycles. The molecule has 3 rings (SSSR count). The molecule has 0 unspecified atom stereocenters. The summed E-state index contributed by atoms with van der Waals surface area (Å²) in [6, 6.07) is 7.96. The second-order valence-electron chi connectivity index (χ2n) is 6.59. The van der Waals surface area contributed by atoms with Gasteiger partial charge in [-0.3, -0.25) is 4.79 Å². The van der Waals surface area contributed by atoms with E-state index in [0.717, 1.165) is 12.3 Å². The van der Waals surface area contributed by atoms with Crippen LogP contribution in [0.15, 0.2) is 36.5 Å². The van der Waals surface area contributed by atoms with E-state index in [9.17, 15) is 18.0 Å². The molecule has 1 aliphatic rings. The van der Waals surface area contributed by atoms with Crippen molar-refractivity contribution in [3.63, 3.8) is 0 Å². The van der Waals surface area contributed by atoms with Gasteiger partial charge in [0.05, 0.1) is 22.8 Å². The zero-order valence-corrected chi connectivity index (χ0v) is 16.6. The number of pyridine rings is 1. The van der Waals surface area contributed by atoms with Crippen molar-refractivity contribution in [3.05, 3.63) is 52.7 Å². The predicted molar refractivity (Wildman–Crippen MR) is 105 cm³/mol. The zero-order valence-electron chi connectivity index (χ0n) is 15.9. The first kappa shape index (κ1) is 21.2. The average Bonchev–Trinajstić information content (AvgIpc) is 2.93. The highest BCUT2D eigenvalue weighted by Crippen LogP contribution is 2.33. The maximum Gasteiger partial charge on any atom is 0.417 e. The van der Waals surface area contributed by atoms with Crippen LogP contribution >= 0.6 is 11.6 Å². The van der Waals surface area contributed by atoms with Crippen molar-refractivity contribution in [2.75, 3.05) is 37.7 Å². The van der Waals surface area contributed by atoms with Crippen LogP contribution in [-0.2, 0) is 6.18 Å². The highest BCUT2D eigenvalue weighted by molar-refractivity contribution is 6.33. The molecular formula is C20H21ClF3N3O2. The van der Waals surface area contributed by atoms with Gasteiger partial charge in [-0.1, -0.05) is 23.7 Å². The molecule has 1 fully saturated rings. The Morgan fingerprint density at radius 1 is 1.21 bits per heavy atom. The lowest BCUT2D eigenvalue weighted by atomic mass is 10.1. The Labute approximate surface area is 172 Å². The van der Waals surface area contributed by atoms with Crippen LogP contribution in [0.25, 0.3) is 0 Å². The van der Waals surface area contributed by atoms with Gasteiger partial charge >= 0.3 is 6.18 Å². The SMILES string of the molecule is CCOc1ccccc1C(=O)N1CCCN(c2ncc(C(F)(F)F)cc2Cl)CC1. The number of ether oxygens (including phenoxy) is 1. The van der Waals surface area contributed by atoms with E-state index in [1.807, 2.05) is 17.9 Å². The monoisotopic (exact) mass is 427 g/mol. The molecule has 0 aliphatic carbocycles. The number of hydrogen-bond donors (Lipinski definition) is 0. The number of rotatable bonds is 4. The van der Waals surface area contributed by atoms with Crippen LogP contribution in [0.1, 0.15) is 29.3 Å². The van der Waals surface area contributed by atoms with E-state index in [4.69, 9.17) is 16.3 Å². The third-order valence-electron chi connectivity index (χ3n) is 4.65. The van der Waals surface area contributed by atoms with Gasteiger partial charge in [-0.25, -0.2) is 4.98 Å². The Morgan fingerprint density at radius 3 is 2.66 bits per heavy atom. The van der Waals surface area contributed by atoms with Crippen LogP contribution in [0.4, 0.5) is 19.0 Å². The third-order valence-corrected chi connectivity index (χ3v) is 4.93. The molecule has 0 spiro atoms. The molecule has 0 saturated carbocycles. The van der Waals surface area contributed by atoms with Crippen LogP contribution in [0, 0.1) is 0 Å². The molecule has 0 bridgehead atoms. The van der Waals surface area contributed by atoms with Crippen LogP contribution < -0.4 is 9.64 Å². The van der Waals surface area contributed by atoms with Crippen molar-refractivity contribution in [2.24, 2.45) is 0 Å². The number of carbonyl (C=O) groups is 1. The van der Waals surface area contributed by atoms with Crippen molar-refractivity contribution in [1.82, 2.24) is 9.88 Å². The normalized spacial score (nSPS) is 15.2. The first-order valence-corrected chi connectivity index (χ1v) is 9.68. The predicted octanol–water partition coefficient (Wildman–Crippen LogP) is 4.51. The van der Waals surface area contributed by atoms with Gasteiger partial charge in [0.15, 0.2) is 0 Å². The molecule has 1 aromatic heterocycles. The summed E-state index contributed by atoms with van der Waals surface area (Å²) < 4.78 is 44.0. The van der Waals surface area contributed by atoms with Crippen molar-refractivity contribution >= 4 is 23.3 Å². The number of amides is 1. The summed E-state index contributed by atoms with van der Waals surface area (Å²) in [6.07, 6.45) is -3.07. The molecule has 2 aromatic rings. The van der Waals surface area contributed by atoms with Gasteiger partial charge in [0, 0.05) is 32.4 Å². The smallest absolute Gasteiger partial charge is 0.417 e. The molecule has 1 saturated heterocycles. The lowest BCUT2D eigenvalue weighted by molar-refractivity contribution is -0.137. The van der Waals surface area contributed by atoms with Gasteiger partial charge in [-0.05, 0) is 31.5 Å². The third kappa shape index (κ3) is 4.93. The molecule has 0 radical (unpaired) electrons. The number of halogens is 4. The molecule has 0 N–H and O–H groups in total. The summed E-state index contributed by atoms with van der Waals surface area (Å²) in [5.74, 6) is 0.694. The molecule has 2 heterocycles. The molecule has 1 aromatic carbocycles. The number of anilines is 1. The van der Waals surface area contributed by atoms with Gasteiger partial charge in [-0.15, -0.1) is 0 Å². The number of carbonyl (C=O) groups excluding carboxylic acids is 1. The van der Waals surface area contributed by atoms with Crippen molar-refractivity contribution < 1.29 is 22.7 Å². The second kappa shape index (κ2) is 8.90. The van der Waals surface area contributed by atoms with Crippen LogP contribution in [0.3, 0.4) is 0 Å². The molecule has 1 amide bonds. The van der Waals surface area contributed by atoms with Crippen molar-refractivity contribution in [2.45, 2.75) is 19.5 Å². The minimum atomic E-state index is -4.49. The average molecular weight is 428 g/mol. The number of benzene rings is 1. The van der Waals surface area contributed by atoms with E-state index in [1.165, 1.54) is 0 Å². The summed E-state index contributed by atoms with van der Waals surface area (Å²) in [6.45, 7) is 4.18. The standard InChI is InChI=1S/C20H21ClF3N3O2/c1-2-29-17-7-4-3-6-15(17)19(28)27-9-5-8-26(10-11-27)18-16(21)12-14(13-25-18)20(22,23)24/h3-4,6-7,12-13H,2,5,8-11H2,1H3. The summed E-state index contributed by atoms with van der Waals surface area (Å²) in [5.41, 5.74) is -0.390. The topological polar surface area (TPSA) is 45.7 Å². The minimum Gasteiger partial charge on any atom is -0.493 e. The fourth-order valence-electron chi connectivity index (χ4n) is 3.25. The lowest BCUT2D eigenvalue weighted by Crippen LogP contribution is -2.35. The highest BCUT2D eigenvalue weighted by Gasteiger charge is 2.32. The lowest BCUT2D eigenvalue weighted by Gasteiger charge is -2.24. The highest BCUT2D eigenvalue weighted by atomic mass is 35.5. The van der Waals surface area contributed by atoms with E-state index >= 15 is 0 Å². The fraction of sp³-hybridized carbons (Fsp3) is 0.400. The number of alkyl halides is 3. The Kier molecular flexibility index (Phi) is 6.52. The van der Waals surface area contributed by atoms with Crippen LogP contribution in [0.5, 0.6) is 5.75 Å². The van der Waals surface area contributed by atoms with E-state index in [2.05, 4.69) is 4.98 Å².